The first kappa shape index (κ1) is 24.3. The van der Waals surface area contributed by atoms with Crippen molar-refractivity contribution in [3.63, 3.8) is 0 Å². The Hall–Kier alpha value is -1.80. The average molecular weight is 477 g/mol. The summed E-state index contributed by atoms with van der Waals surface area (Å²) in [5, 5.41) is 10.3. The van der Waals surface area contributed by atoms with Gasteiger partial charge in [0.15, 0.2) is 0 Å². The maximum atomic E-state index is 14.2. The van der Waals surface area contributed by atoms with Gasteiger partial charge in [0.1, 0.15) is 6.04 Å². The first-order valence-electron chi connectivity index (χ1n) is 12.0. The number of amides is 2. The van der Waals surface area contributed by atoms with E-state index in [2.05, 4.69) is 6.08 Å². The van der Waals surface area contributed by atoms with Crippen LogP contribution in [0.3, 0.4) is 0 Å². The van der Waals surface area contributed by atoms with Gasteiger partial charge in [-0.1, -0.05) is 38.2 Å². The van der Waals surface area contributed by atoms with Gasteiger partial charge < -0.3 is 19.6 Å². The molecule has 4 aliphatic heterocycles. The fourth-order valence-electron chi connectivity index (χ4n) is 6.03. The number of cyclic esters (lactones) is 1. The fraction of sp³-hybridized carbons (Fsp3) is 0.720. The lowest BCUT2D eigenvalue weighted by Crippen LogP contribution is -2.58. The van der Waals surface area contributed by atoms with Gasteiger partial charge in [0.2, 0.25) is 11.8 Å². The van der Waals surface area contributed by atoms with E-state index in [1.54, 1.807) is 21.6 Å². The van der Waals surface area contributed by atoms with Crippen molar-refractivity contribution in [1.82, 2.24) is 9.80 Å². The quantitative estimate of drug-likeness (QED) is 0.495. The summed E-state index contributed by atoms with van der Waals surface area (Å²) < 4.78 is 4.06. The molecule has 182 valence electrons. The van der Waals surface area contributed by atoms with Gasteiger partial charge in [-0.2, -0.15) is 0 Å². The average Bonchev–Trinajstić information content (AvgIpc) is 3.08. The SMILES string of the molecule is CC(C)[C@H](CO)N1C(=O)[C@@H]2[C@H]3C(=O)OCCC/C=C\[C@@]3(C)S[C@@]23C=CCN(C(C)C)C(=O)C13. The summed E-state index contributed by atoms with van der Waals surface area (Å²) in [5.41, 5.74) is 0. The third kappa shape index (κ3) is 3.64. The van der Waals surface area contributed by atoms with Crippen LogP contribution in [0, 0.1) is 17.8 Å². The summed E-state index contributed by atoms with van der Waals surface area (Å²) in [6.45, 7) is 10.4. The highest BCUT2D eigenvalue weighted by Crippen LogP contribution is 2.65. The number of allylic oxidation sites excluding steroid dienone is 1. The molecular weight excluding hydrogens is 440 g/mol. The van der Waals surface area contributed by atoms with Gasteiger partial charge in [-0.15, -0.1) is 11.8 Å². The number of hydrogen-bond donors (Lipinski definition) is 1. The van der Waals surface area contributed by atoms with Crippen molar-refractivity contribution in [3.05, 3.63) is 24.3 Å². The second kappa shape index (κ2) is 8.77. The van der Waals surface area contributed by atoms with Crippen molar-refractivity contribution in [2.75, 3.05) is 19.8 Å². The van der Waals surface area contributed by atoms with E-state index < -0.39 is 33.4 Å². The molecule has 8 heteroatoms. The number of likely N-dealkylation sites (tertiary alicyclic amines) is 1. The van der Waals surface area contributed by atoms with Crippen LogP contribution in [0.25, 0.3) is 0 Å². The van der Waals surface area contributed by atoms with Gasteiger partial charge in [0.25, 0.3) is 0 Å². The molecule has 4 rings (SSSR count). The smallest absolute Gasteiger partial charge is 0.311 e. The van der Waals surface area contributed by atoms with E-state index in [1.165, 1.54) is 0 Å². The Morgan fingerprint density at radius 2 is 1.85 bits per heavy atom. The van der Waals surface area contributed by atoms with Crippen LogP contribution in [0.2, 0.25) is 0 Å². The summed E-state index contributed by atoms with van der Waals surface area (Å²) in [4.78, 5) is 45.0. The second-order valence-electron chi connectivity index (χ2n) is 10.4. The lowest BCUT2D eigenvalue weighted by atomic mass is 9.74. The van der Waals surface area contributed by atoms with Gasteiger partial charge in [0.05, 0.1) is 35.8 Å². The highest BCUT2D eigenvalue weighted by Gasteiger charge is 2.74. The van der Waals surface area contributed by atoms with E-state index in [1.807, 2.05) is 52.8 Å². The predicted octanol–water partition coefficient (Wildman–Crippen LogP) is 2.39. The van der Waals surface area contributed by atoms with E-state index >= 15 is 0 Å². The molecule has 33 heavy (non-hydrogen) atoms. The van der Waals surface area contributed by atoms with Crippen molar-refractivity contribution < 1.29 is 24.2 Å². The summed E-state index contributed by atoms with van der Waals surface area (Å²) in [5.74, 6) is -2.21. The Bertz CT molecular complexity index is 886. The molecule has 1 N–H and O–H groups in total. The van der Waals surface area contributed by atoms with Crippen molar-refractivity contribution >= 4 is 29.5 Å². The van der Waals surface area contributed by atoms with Gasteiger partial charge in [0, 0.05) is 17.3 Å². The van der Waals surface area contributed by atoms with Crippen LogP contribution in [0.15, 0.2) is 24.3 Å². The van der Waals surface area contributed by atoms with Crippen molar-refractivity contribution in [2.45, 2.75) is 75.1 Å². The molecule has 6 atom stereocenters. The highest BCUT2D eigenvalue weighted by molar-refractivity contribution is 8.02. The predicted molar refractivity (Wildman–Crippen MR) is 127 cm³/mol. The summed E-state index contributed by atoms with van der Waals surface area (Å²) in [7, 11) is 0. The van der Waals surface area contributed by atoms with E-state index in [9.17, 15) is 19.5 Å². The number of aliphatic hydroxyl groups excluding tert-OH is 1. The number of hydrogen-bond acceptors (Lipinski definition) is 6. The molecule has 0 radical (unpaired) electrons. The van der Waals surface area contributed by atoms with Crippen LogP contribution >= 0.6 is 11.8 Å². The molecule has 2 amide bonds. The third-order valence-electron chi connectivity index (χ3n) is 7.66. The molecule has 0 aromatic carbocycles. The molecule has 4 heterocycles. The Labute approximate surface area is 200 Å². The maximum absolute atomic E-state index is 14.2. The number of fused-ring (bicyclic) bond motifs is 2. The lowest BCUT2D eigenvalue weighted by Gasteiger charge is -2.41. The number of thioether (sulfide) groups is 1. The fourth-order valence-corrected chi connectivity index (χ4v) is 8.17. The minimum Gasteiger partial charge on any atom is -0.465 e. The van der Waals surface area contributed by atoms with Crippen molar-refractivity contribution in [2.24, 2.45) is 17.8 Å². The molecule has 4 aliphatic rings. The van der Waals surface area contributed by atoms with Gasteiger partial charge in [-0.25, -0.2) is 0 Å². The molecule has 0 saturated carbocycles. The summed E-state index contributed by atoms with van der Waals surface area (Å²) in [6, 6.07) is -1.33. The number of carbonyl (C=O) groups excluding carboxylic acids is 3. The first-order chi connectivity index (χ1) is 15.6. The molecule has 1 unspecified atom stereocenters. The zero-order valence-corrected chi connectivity index (χ0v) is 21.0. The molecular formula is C25H36N2O5S. The molecule has 2 saturated heterocycles. The van der Waals surface area contributed by atoms with Gasteiger partial charge in [-0.05, 0) is 39.5 Å². The van der Waals surface area contributed by atoms with Crippen LogP contribution in [0.5, 0.6) is 0 Å². The Kier molecular flexibility index (Phi) is 6.46. The molecule has 7 nitrogen and oxygen atoms in total. The minimum atomic E-state index is -0.901. The van der Waals surface area contributed by atoms with Crippen LogP contribution in [0.4, 0.5) is 0 Å². The van der Waals surface area contributed by atoms with E-state index in [4.69, 9.17) is 4.74 Å². The van der Waals surface area contributed by atoms with E-state index in [0.29, 0.717) is 13.2 Å². The molecule has 0 aromatic heterocycles. The first-order valence-corrected chi connectivity index (χ1v) is 12.9. The van der Waals surface area contributed by atoms with Crippen LogP contribution in [-0.4, -0.2) is 80.1 Å². The monoisotopic (exact) mass is 476 g/mol. The number of rotatable bonds is 4. The minimum absolute atomic E-state index is 0.0380. The topological polar surface area (TPSA) is 87.2 Å². The Morgan fingerprint density at radius 3 is 2.48 bits per heavy atom. The number of ether oxygens (including phenoxy) is 1. The normalized spacial score (nSPS) is 38.3. The van der Waals surface area contributed by atoms with Crippen molar-refractivity contribution in [1.29, 1.82) is 0 Å². The Morgan fingerprint density at radius 1 is 1.12 bits per heavy atom. The van der Waals surface area contributed by atoms with Crippen LogP contribution in [0.1, 0.15) is 47.5 Å². The number of aliphatic hydroxyl groups is 1. The molecule has 2 fully saturated rings. The largest absolute Gasteiger partial charge is 0.465 e. The zero-order chi connectivity index (χ0) is 24.1. The third-order valence-corrected chi connectivity index (χ3v) is 9.45. The lowest BCUT2D eigenvalue weighted by molar-refractivity contribution is -0.155. The van der Waals surface area contributed by atoms with E-state index in [0.717, 1.165) is 12.8 Å². The molecule has 0 aromatic rings. The van der Waals surface area contributed by atoms with E-state index in [-0.39, 0.29) is 36.4 Å². The number of carbonyl (C=O) groups is 3. The summed E-state index contributed by atoms with van der Waals surface area (Å²) >= 11 is 1.55. The molecule has 1 spiro atoms. The Balaban J connectivity index is 1.92. The number of nitrogens with zero attached hydrogens (tertiary/aromatic N) is 2. The molecule has 0 aliphatic carbocycles. The van der Waals surface area contributed by atoms with Gasteiger partial charge >= 0.3 is 5.97 Å². The van der Waals surface area contributed by atoms with Crippen LogP contribution in [-0.2, 0) is 19.1 Å². The van der Waals surface area contributed by atoms with Crippen LogP contribution < -0.4 is 0 Å². The maximum Gasteiger partial charge on any atom is 0.311 e. The zero-order valence-electron chi connectivity index (χ0n) is 20.2. The molecule has 0 bridgehead atoms. The second-order valence-corrected chi connectivity index (χ2v) is 12.2. The van der Waals surface area contributed by atoms with Crippen molar-refractivity contribution in [3.8, 4) is 0 Å². The number of esters is 1. The van der Waals surface area contributed by atoms with Gasteiger partial charge in [-0.3, -0.25) is 14.4 Å². The standard InChI is InChI=1S/C25H36N2O5S/c1-15(2)17(14-28)27-20-22(30)26(16(3)4)12-9-11-25(20)18(21(27)29)19-23(31)32-13-8-6-7-10-24(19,5)33-25/h7,9-11,15-20,28H,6,8,12-14H2,1-5H3/b10-7-/t17-,18-,19-,20?,24+,25-/m0/s1. The highest BCUT2D eigenvalue weighted by atomic mass is 32.2. The summed E-state index contributed by atoms with van der Waals surface area (Å²) in [6.07, 6.45) is 9.64.